The Hall–Kier alpha value is -1.12. The average molecular weight is 484 g/mol. The minimum Gasteiger partial charge on any atom is -0.370 e. The number of anilines is 1. The summed E-state index contributed by atoms with van der Waals surface area (Å²) in [5, 5.41) is 5.36. The number of guanidine groups is 1. The second kappa shape index (κ2) is 10.3. The van der Waals surface area contributed by atoms with Crippen molar-refractivity contribution in [1.29, 1.82) is 0 Å². The van der Waals surface area contributed by atoms with E-state index in [0.29, 0.717) is 11.9 Å². The molecule has 1 aliphatic rings. The number of halogens is 1. The molecule has 26 heavy (non-hydrogen) atoms. The Morgan fingerprint density at radius 3 is 2.65 bits per heavy atom. The van der Waals surface area contributed by atoms with Crippen LogP contribution in [-0.4, -0.2) is 30.5 Å². The number of likely N-dealkylation sites (tertiary alicyclic amines) is 1. The first kappa shape index (κ1) is 21.2. The highest BCUT2D eigenvalue weighted by Crippen LogP contribution is 2.21. The van der Waals surface area contributed by atoms with Gasteiger partial charge in [-0.1, -0.05) is 12.1 Å². The zero-order chi connectivity index (χ0) is 17.6. The van der Waals surface area contributed by atoms with Gasteiger partial charge in [-0.3, -0.25) is 9.89 Å². The number of hydrogen-bond acceptors (Lipinski definition) is 3. The van der Waals surface area contributed by atoms with Gasteiger partial charge in [-0.25, -0.2) is 0 Å². The molecular formula is C20H29IN4S. The highest BCUT2D eigenvalue weighted by atomic mass is 127. The third kappa shape index (κ3) is 6.25. The molecule has 0 atom stereocenters. The van der Waals surface area contributed by atoms with Crippen molar-refractivity contribution in [3.8, 4) is 0 Å². The third-order valence-corrected chi connectivity index (χ3v) is 5.83. The van der Waals surface area contributed by atoms with Gasteiger partial charge in [-0.05, 0) is 80.4 Å². The van der Waals surface area contributed by atoms with Gasteiger partial charge in [0.15, 0.2) is 5.96 Å². The zero-order valence-electron chi connectivity index (χ0n) is 15.6. The summed E-state index contributed by atoms with van der Waals surface area (Å²) < 4.78 is 0. The summed E-state index contributed by atoms with van der Waals surface area (Å²) in [6.45, 7) is 8.44. The van der Waals surface area contributed by atoms with Gasteiger partial charge in [0, 0.05) is 23.7 Å². The van der Waals surface area contributed by atoms with E-state index in [0.717, 1.165) is 31.9 Å². The van der Waals surface area contributed by atoms with Crippen LogP contribution in [0.5, 0.6) is 0 Å². The van der Waals surface area contributed by atoms with Crippen LogP contribution in [0.25, 0.3) is 0 Å². The monoisotopic (exact) mass is 484 g/mol. The van der Waals surface area contributed by atoms with E-state index in [1.165, 1.54) is 28.8 Å². The van der Waals surface area contributed by atoms with Crippen molar-refractivity contribution in [1.82, 2.24) is 4.90 Å². The topological polar surface area (TPSA) is 53.6 Å². The first-order valence-electron chi connectivity index (χ1n) is 8.99. The minimum atomic E-state index is 0. The van der Waals surface area contributed by atoms with E-state index in [-0.39, 0.29) is 24.0 Å². The van der Waals surface area contributed by atoms with E-state index in [9.17, 15) is 0 Å². The Balaban J connectivity index is 0.00000243. The van der Waals surface area contributed by atoms with Gasteiger partial charge >= 0.3 is 0 Å². The average Bonchev–Trinajstić information content (AvgIpc) is 3.11. The van der Waals surface area contributed by atoms with Gasteiger partial charge in [-0.15, -0.1) is 35.3 Å². The summed E-state index contributed by atoms with van der Waals surface area (Å²) >= 11 is 1.85. The number of aryl methyl sites for hydroxylation is 2. The van der Waals surface area contributed by atoms with Crippen molar-refractivity contribution < 1.29 is 0 Å². The lowest BCUT2D eigenvalue weighted by Crippen LogP contribution is -2.34. The number of rotatable bonds is 5. The van der Waals surface area contributed by atoms with Gasteiger partial charge in [0.25, 0.3) is 0 Å². The summed E-state index contributed by atoms with van der Waals surface area (Å²) in [4.78, 5) is 8.56. The maximum absolute atomic E-state index is 6.06. The molecule has 0 unspecified atom stereocenters. The third-order valence-electron chi connectivity index (χ3n) is 4.97. The molecule has 6 heteroatoms. The fraction of sp³-hybridized carbons (Fsp3) is 0.450. The molecule has 0 saturated carbocycles. The molecule has 1 saturated heterocycles. The molecule has 0 bridgehead atoms. The first-order valence-corrected chi connectivity index (χ1v) is 9.87. The molecule has 0 radical (unpaired) electrons. The summed E-state index contributed by atoms with van der Waals surface area (Å²) in [7, 11) is 0. The molecule has 3 rings (SSSR count). The van der Waals surface area contributed by atoms with Crippen molar-refractivity contribution in [3.05, 3.63) is 51.7 Å². The Bertz CT molecular complexity index is 707. The molecule has 1 aliphatic heterocycles. The molecule has 3 N–H and O–H groups in total. The summed E-state index contributed by atoms with van der Waals surface area (Å²) in [6, 6.07) is 10.6. The lowest BCUT2D eigenvalue weighted by atomic mass is 9.97. The Morgan fingerprint density at radius 2 is 2.00 bits per heavy atom. The molecule has 4 nitrogen and oxygen atoms in total. The number of nitrogens with two attached hydrogens (primary N) is 1. The van der Waals surface area contributed by atoms with Crippen LogP contribution in [0.4, 0.5) is 5.69 Å². The summed E-state index contributed by atoms with van der Waals surface area (Å²) in [5.41, 5.74) is 9.62. The molecule has 2 heterocycles. The lowest BCUT2D eigenvalue weighted by molar-refractivity contribution is 0.182. The fourth-order valence-corrected chi connectivity index (χ4v) is 3.93. The Labute approximate surface area is 177 Å². The van der Waals surface area contributed by atoms with Gasteiger partial charge in [0.1, 0.15) is 0 Å². The summed E-state index contributed by atoms with van der Waals surface area (Å²) in [5.74, 6) is 1.16. The molecule has 1 aromatic carbocycles. The van der Waals surface area contributed by atoms with Crippen LogP contribution in [0.2, 0.25) is 0 Å². The molecule has 0 amide bonds. The summed E-state index contributed by atoms with van der Waals surface area (Å²) in [6.07, 6.45) is 2.40. The van der Waals surface area contributed by atoms with E-state index in [1.54, 1.807) is 0 Å². The largest absolute Gasteiger partial charge is 0.370 e. The van der Waals surface area contributed by atoms with E-state index in [2.05, 4.69) is 58.7 Å². The van der Waals surface area contributed by atoms with Crippen LogP contribution in [0, 0.1) is 19.8 Å². The van der Waals surface area contributed by atoms with Crippen LogP contribution in [-0.2, 0) is 6.54 Å². The Morgan fingerprint density at radius 1 is 1.23 bits per heavy atom. The zero-order valence-corrected chi connectivity index (χ0v) is 18.7. The molecule has 1 aromatic heterocycles. The van der Waals surface area contributed by atoms with Crippen molar-refractivity contribution in [2.75, 3.05) is 25.0 Å². The number of piperidine rings is 1. The number of hydrogen-bond donors (Lipinski definition) is 2. The maximum Gasteiger partial charge on any atom is 0.193 e. The van der Waals surface area contributed by atoms with Crippen LogP contribution < -0.4 is 11.1 Å². The normalized spacial score (nSPS) is 16.3. The van der Waals surface area contributed by atoms with Crippen molar-refractivity contribution in [2.24, 2.45) is 16.6 Å². The van der Waals surface area contributed by atoms with E-state index in [1.807, 2.05) is 17.4 Å². The van der Waals surface area contributed by atoms with Gasteiger partial charge in [0.05, 0.1) is 0 Å². The SMILES string of the molecule is Cc1ccc(NC(N)=NCC2CCN(Cc3cccs3)CC2)cc1C.I. The smallest absolute Gasteiger partial charge is 0.193 e. The van der Waals surface area contributed by atoms with Crippen LogP contribution in [0.3, 0.4) is 0 Å². The standard InChI is InChI=1S/C20H28N4S.HI/c1-15-5-6-18(12-16(15)2)23-20(21)22-13-17-7-9-24(10-8-17)14-19-4-3-11-25-19;/h3-6,11-12,17H,7-10,13-14H2,1-2H3,(H3,21,22,23);1H. The van der Waals surface area contributed by atoms with Crippen molar-refractivity contribution in [3.63, 3.8) is 0 Å². The molecular weight excluding hydrogens is 455 g/mol. The van der Waals surface area contributed by atoms with E-state index < -0.39 is 0 Å². The van der Waals surface area contributed by atoms with E-state index >= 15 is 0 Å². The number of aliphatic imine (C=N–C) groups is 1. The maximum atomic E-state index is 6.06. The predicted octanol–water partition coefficient (Wildman–Crippen LogP) is 4.62. The predicted molar refractivity (Wildman–Crippen MR) is 124 cm³/mol. The lowest BCUT2D eigenvalue weighted by Gasteiger charge is -2.30. The highest BCUT2D eigenvalue weighted by molar-refractivity contribution is 14.0. The Kier molecular flexibility index (Phi) is 8.37. The number of nitrogens with zero attached hydrogens (tertiary/aromatic N) is 2. The number of benzene rings is 1. The molecule has 2 aromatic rings. The second-order valence-electron chi connectivity index (χ2n) is 6.95. The van der Waals surface area contributed by atoms with Crippen molar-refractivity contribution in [2.45, 2.75) is 33.2 Å². The van der Waals surface area contributed by atoms with Gasteiger partial charge < -0.3 is 11.1 Å². The van der Waals surface area contributed by atoms with Crippen molar-refractivity contribution >= 4 is 47.0 Å². The quantitative estimate of drug-likeness (QED) is 0.370. The van der Waals surface area contributed by atoms with Gasteiger partial charge in [-0.2, -0.15) is 0 Å². The number of thiophene rings is 1. The van der Waals surface area contributed by atoms with Gasteiger partial charge in [0.2, 0.25) is 0 Å². The first-order chi connectivity index (χ1) is 12.1. The molecule has 0 spiro atoms. The molecule has 0 aliphatic carbocycles. The highest BCUT2D eigenvalue weighted by Gasteiger charge is 2.19. The van der Waals surface area contributed by atoms with Crippen LogP contribution in [0.1, 0.15) is 28.8 Å². The number of nitrogens with one attached hydrogen (secondary N) is 1. The van der Waals surface area contributed by atoms with Crippen LogP contribution in [0.15, 0.2) is 40.7 Å². The fourth-order valence-electron chi connectivity index (χ4n) is 3.18. The van der Waals surface area contributed by atoms with E-state index in [4.69, 9.17) is 5.73 Å². The molecule has 1 fully saturated rings. The second-order valence-corrected chi connectivity index (χ2v) is 7.98. The molecule has 142 valence electrons. The van der Waals surface area contributed by atoms with Crippen LogP contribution >= 0.6 is 35.3 Å². The minimum absolute atomic E-state index is 0.